The summed E-state index contributed by atoms with van der Waals surface area (Å²) < 4.78 is 27.3. The van der Waals surface area contributed by atoms with Gasteiger partial charge in [0.25, 0.3) is 10.2 Å². The van der Waals surface area contributed by atoms with Gasteiger partial charge in [0, 0.05) is 65.6 Å². The van der Waals surface area contributed by atoms with E-state index in [0.717, 1.165) is 31.7 Å². The molecule has 1 atom stereocenters. The summed E-state index contributed by atoms with van der Waals surface area (Å²) in [6, 6.07) is 8.33. The van der Waals surface area contributed by atoms with E-state index in [4.69, 9.17) is 0 Å². The van der Waals surface area contributed by atoms with Crippen LogP contribution >= 0.6 is 0 Å². The topological polar surface area (TPSA) is 76.2 Å². The Balaban J connectivity index is 1.51. The Kier molecular flexibility index (Phi) is 7.15. The van der Waals surface area contributed by atoms with Gasteiger partial charge in [-0.1, -0.05) is 12.1 Å². The normalized spacial score (nSPS) is 22.1. The molecule has 0 spiro atoms. The SMILES string of the molecule is CN1CCN(c2ccc(CNC(=O)[C@H]3CCCN(S(=O)(=O)N(C)C)C3)cc2)CC1. The van der Waals surface area contributed by atoms with Crippen LogP contribution in [0.2, 0.25) is 0 Å². The van der Waals surface area contributed by atoms with E-state index >= 15 is 0 Å². The molecular formula is C20H33N5O3S. The van der Waals surface area contributed by atoms with Crippen LogP contribution in [0.15, 0.2) is 24.3 Å². The molecular weight excluding hydrogens is 390 g/mol. The van der Waals surface area contributed by atoms with Crippen molar-refractivity contribution in [2.75, 3.05) is 65.3 Å². The minimum atomic E-state index is -3.47. The highest BCUT2D eigenvalue weighted by atomic mass is 32.2. The summed E-state index contributed by atoms with van der Waals surface area (Å²) in [5.74, 6) is -0.380. The highest BCUT2D eigenvalue weighted by Crippen LogP contribution is 2.21. The van der Waals surface area contributed by atoms with Crippen molar-refractivity contribution < 1.29 is 13.2 Å². The number of hydrogen-bond acceptors (Lipinski definition) is 5. The van der Waals surface area contributed by atoms with Crippen LogP contribution in [0.25, 0.3) is 0 Å². The average molecular weight is 424 g/mol. The predicted octanol–water partition coefficient (Wildman–Crippen LogP) is 0.573. The Labute approximate surface area is 174 Å². The molecule has 0 saturated carbocycles. The van der Waals surface area contributed by atoms with Crippen LogP contribution < -0.4 is 10.2 Å². The fraction of sp³-hybridized carbons (Fsp3) is 0.650. The summed E-state index contributed by atoms with van der Waals surface area (Å²) in [5.41, 5.74) is 2.26. The smallest absolute Gasteiger partial charge is 0.281 e. The van der Waals surface area contributed by atoms with E-state index in [0.29, 0.717) is 25.9 Å². The summed E-state index contributed by atoms with van der Waals surface area (Å²) in [4.78, 5) is 17.3. The first-order valence-electron chi connectivity index (χ1n) is 10.2. The van der Waals surface area contributed by atoms with Gasteiger partial charge in [0.2, 0.25) is 5.91 Å². The van der Waals surface area contributed by atoms with Crippen LogP contribution in [0.4, 0.5) is 5.69 Å². The van der Waals surface area contributed by atoms with Crippen molar-refractivity contribution in [1.29, 1.82) is 0 Å². The van der Waals surface area contributed by atoms with Crippen LogP contribution in [-0.2, 0) is 21.5 Å². The van der Waals surface area contributed by atoms with Crippen LogP contribution in [0.3, 0.4) is 0 Å². The number of piperazine rings is 1. The summed E-state index contributed by atoms with van der Waals surface area (Å²) in [7, 11) is 1.71. The number of anilines is 1. The summed E-state index contributed by atoms with van der Waals surface area (Å²) in [6.45, 7) is 5.37. The second-order valence-electron chi connectivity index (χ2n) is 8.16. The molecule has 0 aromatic heterocycles. The number of amides is 1. The summed E-state index contributed by atoms with van der Waals surface area (Å²) in [5, 5.41) is 2.98. The third kappa shape index (κ3) is 5.48. The molecule has 1 amide bonds. The molecule has 2 aliphatic heterocycles. The van der Waals surface area contributed by atoms with Crippen molar-refractivity contribution in [3.63, 3.8) is 0 Å². The molecule has 8 nitrogen and oxygen atoms in total. The van der Waals surface area contributed by atoms with Crippen molar-refractivity contribution in [2.24, 2.45) is 5.92 Å². The van der Waals surface area contributed by atoms with Gasteiger partial charge in [0.05, 0.1) is 5.92 Å². The van der Waals surface area contributed by atoms with E-state index in [1.54, 1.807) is 0 Å². The predicted molar refractivity (Wildman–Crippen MR) is 115 cm³/mol. The highest BCUT2D eigenvalue weighted by molar-refractivity contribution is 7.86. The molecule has 2 saturated heterocycles. The van der Waals surface area contributed by atoms with Gasteiger partial charge >= 0.3 is 0 Å². The maximum absolute atomic E-state index is 12.6. The average Bonchev–Trinajstić information content (AvgIpc) is 2.73. The second-order valence-corrected chi connectivity index (χ2v) is 10.3. The number of carbonyl (C=O) groups excluding carboxylic acids is 1. The van der Waals surface area contributed by atoms with Crippen LogP contribution in [0, 0.1) is 5.92 Å². The van der Waals surface area contributed by atoms with Crippen molar-refractivity contribution in [1.82, 2.24) is 18.8 Å². The molecule has 0 bridgehead atoms. The van der Waals surface area contributed by atoms with E-state index in [-0.39, 0.29) is 18.4 Å². The molecule has 2 heterocycles. The van der Waals surface area contributed by atoms with E-state index < -0.39 is 10.2 Å². The van der Waals surface area contributed by atoms with Gasteiger partial charge in [-0.25, -0.2) is 0 Å². The fourth-order valence-corrected chi connectivity index (χ4v) is 5.01. The number of nitrogens with zero attached hydrogens (tertiary/aromatic N) is 4. The zero-order chi connectivity index (χ0) is 21.0. The molecule has 2 fully saturated rings. The lowest BCUT2D eigenvalue weighted by Crippen LogP contribution is -2.48. The highest BCUT2D eigenvalue weighted by Gasteiger charge is 2.33. The number of piperidine rings is 1. The summed E-state index contributed by atoms with van der Waals surface area (Å²) >= 11 is 0. The second kappa shape index (κ2) is 9.42. The fourth-order valence-electron chi connectivity index (χ4n) is 3.82. The standard InChI is InChI=1S/C20H33N5O3S/c1-22(2)29(27,28)25-10-4-5-18(16-25)20(26)21-15-17-6-8-19(9-7-17)24-13-11-23(3)12-14-24/h6-9,18H,4-5,10-16H2,1-3H3,(H,21,26)/t18-/m0/s1. The van der Waals surface area contributed by atoms with Crippen molar-refractivity contribution in [3.8, 4) is 0 Å². The number of likely N-dealkylation sites (N-methyl/N-ethyl adjacent to an activating group) is 1. The van der Waals surface area contributed by atoms with E-state index in [9.17, 15) is 13.2 Å². The Hall–Kier alpha value is -1.68. The Morgan fingerprint density at radius 2 is 1.76 bits per heavy atom. The zero-order valence-corrected chi connectivity index (χ0v) is 18.5. The van der Waals surface area contributed by atoms with Gasteiger partial charge in [0.1, 0.15) is 0 Å². The van der Waals surface area contributed by atoms with Gasteiger partial charge in [-0.15, -0.1) is 0 Å². The minimum Gasteiger partial charge on any atom is -0.369 e. The lowest BCUT2D eigenvalue weighted by Gasteiger charge is -2.34. The van der Waals surface area contributed by atoms with Crippen LogP contribution in [-0.4, -0.2) is 88.2 Å². The van der Waals surface area contributed by atoms with Gasteiger partial charge in [-0.2, -0.15) is 17.0 Å². The number of rotatable bonds is 6. The quantitative estimate of drug-likeness (QED) is 0.724. The molecule has 3 rings (SSSR count). The molecule has 2 aliphatic rings. The molecule has 9 heteroatoms. The van der Waals surface area contributed by atoms with Crippen molar-refractivity contribution >= 4 is 21.8 Å². The van der Waals surface area contributed by atoms with Crippen LogP contribution in [0.1, 0.15) is 18.4 Å². The van der Waals surface area contributed by atoms with Gasteiger partial charge in [0.15, 0.2) is 0 Å². The number of carbonyl (C=O) groups is 1. The molecule has 0 aliphatic carbocycles. The molecule has 1 aromatic carbocycles. The largest absolute Gasteiger partial charge is 0.369 e. The third-order valence-electron chi connectivity index (χ3n) is 5.81. The lowest BCUT2D eigenvalue weighted by atomic mass is 9.98. The Morgan fingerprint density at radius 3 is 2.38 bits per heavy atom. The monoisotopic (exact) mass is 423 g/mol. The van der Waals surface area contributed by atoms with Crippen molar-refractivity contribution in [3.05, 3.63) is 29.8 Å². The number of hydrogen-bond donors (Lipinski definition) is 1. The zero-order valence-electron chi connectivity index (χ0n) is 17.7. The summed E-state index contributed by atoms with van der Waals surface area (Å²) in [6.07, 6.45) is 1.42. The number of benzene rings is 1. The first kappa shape index (κ1) is 22.0. The molecule has 0 unspecified atom stereocenters. The Bertz CT molecular complexity index is 789. The van der Waals surface area contributed by atoms with Gasteiger partial charge in [-0.05, 0) is 37.6 Å². The Morgan fingerprint density at radius 1 is 1.10 bits per heavy atom. The van der Waals surface area contributed by atoms with Crippen molar-refractivity contribution in [2.45, 2.75) is 19.4 Å². The molecule has 0 radical (unpaired) electrons. The molecule has 162 valence electrons. The van der Waals surface area contributed by atoms with Gasteiger partial charge in [-0.3, -0.25) is 4.79 Å². The molecule has 29 heavy (non-hydrogen) atoms. The third-order valence-corrected chi connectivity index (χ3v) is 7.72. The van der Waals surface area contributed by atoms with E-state index in [2.05, 4.69) is 46.4 Å². The van der Waals surface area contributed by atoms with Gasteiger partial charge < -0.3 is 15.1 Å². The maximum atomic E-state index is 12.6. The minimum absolute atomic E-state index is 0.0770. The number of nitrogens with one attached hydrogen (secondary N) is 1. The molecule has 1 aromatic rings. The molecule has 1 N–H and O–H groups in total. The van der Waals surface area contributed by atoms with E-state index in [1.807, 2.05) is 0 Å². The first-order chi connectivity index (χ1) is 13.8. The lowest BCUT2D eigenvalue weighted by molar-refractivity contribution is -0.126. The maximum Gasteiger partial charge on any atom is 0.281 e. The first-order valence-corrected chi connectivity index (χ1v) is 11.6. The van der Waals surface area contributed by atoms with E-state index in [1.165, 1.54) is 28.4 Å². The van der Waals surface area contributed by atoms with Crippen LogP contribution in [0.5, 0.6) is 0 Å².